The molecule has 4 nitrogen and oxygen atoms in total. The van der Waals surface area contributed by atoms with Crippen molar-refractivity contribution < 1.29 is 9.21 Å². The normalized spacial score (nSPS) is 10.2. The van der Waals surface area contributed by atoms with E-state index < -0.39 is 0 Å². The summed E-state index contributed by atoms with van der Waals surface area (Å²) in [7, 11) is 0. The third kappa shape index (κ3) is 2.90. The van der Waals surface area contributed by atoms with E-state index in [1.165, 1.54) is 30.7 Å². The molecule has 0 spiro atoms. The number of carbonyl (C=O) groups is 1. The summed E-state index contributed by atoms with van der Waals surface area (Å²) in [5, 5.41) is 1.02. The predicted octanol–water partition coefficient (Wildman–Crippen LogP) is 4.00. The second-order valence-corrected chi connectivity index (χ2v) is 4.59. The molecule has 7 heteroatoms. The molecule has 1 heterocycles. The number of hydrogen-bond acceptors (Lipinski definition) is 3. The average Bonchev–Trinajstić information content (AvgIpc) is 2.80. The number of halogens is 3. The summed E-state index contributed by atoms with van der Waals surface area (Å²) in [6.07, 6.45) is 2.72. The standard InChI is InChI=1S/C11H7Cl3N2O2/c12-7-3-8(13)10(9(14)4-7)15-16-11(17)6-1-2-18-5-6/h1-5,15H,(H,16,17). The van der Waals surface area contributed by atoms with E-state index in [0.29, 0.717) is 26.3 Å². The van der Waals surface area contributed by atoms with Crippen LogP contribution in [0.2, 0.25) is 15.1 Å². The van der Waals surface area contributed by atoms with E-state index in [9.17, 15) is 4.79 Å². The lowest BCUT2D eigenvalue weighted by Gasteiger charge is -2.11. The van der Waals surface area contributed by atoms with Gasteiger partial charge in [0.25, 0.3) is 5.91 Å². The van der Waals surface area contributed by atoms with Gasteiger partial charge in [0.1, 0.15) is 6.26 Å². The zero-order valence-corrected chi connectivity index (χ0v) is 11.1. The third-order valence-electron chi connectivity index (χ3n) is 2.09. The molecule has 2 aromatic rings. The first-order chi connectivity index (χ1) is 8.58. The summed E-state index contributed by atoms with van der Waals surface area (Å²) in [6.45, 7) is 0. The van der Waals surface area contributed by atoms with Gasteiger partial charge >= 0.3 is 0 Å². The van der Waals surface area contributed by atoms with Crippen LogP contribution >= 0.6 is 34.8 Å². The Labute approximate surface area is 118 Å². The number of hydrazine groups is 1. The largest absolute Gasteiger partial charge is 0.472 e. The van der Waals surface area contributed by atoms with Crippen molar-refractivity contribution in [2.75, 3.05) is 5.43 Å². The van der Waals surface area contributed by atoms with Gasteiger partial charge in [0, 0.05) is 5.02 Å². The summed E-state index contributed by atoms with van der Waals surface area (Å²) >= 11 is 17.7. The van der Waals surface area contributed by atoms with Crippen LogP contribution in [0.15, 0.2) is 35.1 Å². The van der Waals surface area contributed by atoms with Crippen LogP contribution in [0.3, 0.4) is 0 Å². The van der Waals surface area contributed by atoms with Crippen molar-refractivity contribution in [3.8, 4) is 0 Å². The highest BCUT2D eigenvalue weighted by Gasteiger charge is 2.10. The van der Waals surface area contributed by atoms with Gasteiger partial charge in [0.15, 0.2) is 0 Å². The second-order valence-electron chi connectivity index (χ2n) is 3.34. The second kappa shape index (κ2) is 5.52. The fourth-order valence-electron chi connectivity index (χ4n) is 1.25. The van der Waals surface area contributed by atoms with Crippen LogP contribution in [-0.4, -0.2) is 5.91 Å². The van der Waals surface area contributed by atoms with E-state index in [0.717, 1.165) is 0 Å². The Morgan fingerprint density at radius 1 is 1.17 bits per heavy atom. The molecule has 0 aliphatic carbocycles. The van der Waals surface area contributed by atoms with Crippen molar-refractivity contribution in [3.63, 3.8) is 0 Å². The maximum atomic E-state index is 11.6. The van der Waals surface area contributed by atoms with Gasteiger partial charge in [0.2, 0.25) is 0 Å². The SMILES string of the molecule is O=C(NNc1c(Cl)cc(Cl)cc1Cl)c1ccoc1. The van der Waals surface area contributed by atoms with Gasteiger partial charge in [-0.05, 0) is 18.2 Å². The van der Waals surface area contributed by atoms with Gasteiger partial charge in [-0.25, -0.2) is 0 Å². The van der Waals surface area contributed by atoms with Crippen LogP contribution in [0, 0.1) is 0 Å². The molecule has 1 aromatic carbocycles. The molecular formula is C11H7Cl3N2O2. The maximum Gasteiger partial charge on any atom is 0.272 e. The summed E-state index contributed by atoms with van der Waals surface area (Å²) in [6, 6.07) is 4.56. The molecule has 1 amide bonds. The lowest BCUT2D eigenvalue weighted by Crippen LogP contribution is -2.29. The summed E-state index contributed by atoms with van der Waals surface area (Å²) < 4.78 is 4.79. The number of carbonyl (C=O) groups excluding carboxylic acids is 1. The molecular weight excluding hydrogens is 298 g/mol. The first-order valence-electron chi connectivity index (χ1n) is 4.81. The van der Waals surface area contributed by atoms with Gasteiger partial charge in [-0.1, -0.05) is 34.8 Å². The van der Waals surface area contributed by atoms with E-state index in [-0.39, 0.29) is 5.91 Å². The highest BCUT2D eigenvalue weighted by atomic mass is 35.5. The van der Waals surface area contributed by atoms with Gasteiger partial charge in [-0.2, -0.15) is 0 Å². The molecule has 0 unspecified atom stereocenters. The quantitative estimate of drug-likeness (QED) is 0.843. The van der Waals surface area contributed by atoms with Crippen molar-refractivity contribution in [2.45, 2.75) is 0 Å². The zero-order chi connectivity index (χ0) is 13.1. The van der Waals surface area contributed by atoms with Crippen LogP contribution in [0.25, 0.3) is 0 Å². The van der Waals surface area contributed by atoms with Gasteiger partial charge in [0.05, 0.1) is 27.6 Å². The van der Waals surface area contributed by atoms with Crippen molar-refractivity contribution >= 4 is 46.4 Å². The summed E-state index contributed by atoms with van der Waals surface area (Å²) in [4.78, 5) is 11.6. The van der Waals surface area contributed by atoms with Crippen molar-refractivity contribution in [1.82, 2.24) is 5.43 Å². The molecule has 0 saturated carbocycles. The third-order valence-corrected chi connectivity index (χ3v) is 2.91. The lowest BCUT2D eigenvalue weighted by atomic mass is 10.3. The minimum absolute atomic E-state index is 0.306. The Morgan fingerprint density at radius 3 is 2.39 bits per heavy atom. The van der Waals surface area contributed by atoms with E-state index >= 15 is 0 Å². The van der Waals surface area contributed by atoms with Gasteiger partial charge < -0.3 is 4.42 Å². The van der Waals surface area contributed by atoms with Gasteiger partial charge in [-0.15, -0.1) is 0 Å². The molecule has 0 aliphatic rings. The average molecular weight is 306 g/mol. The highest BCUT2D eigenvalue weighted by molar-refractivity contribution is 6.41. The van der Waals surface area contributed by atoms with Crippen LogP contribution in [0.1, 0.15) is 10.4 Å². The first-order valence-corrected chi connectivity index (χ1v) is 5.94. The Balaban J connectivity index is 2.09. The fourth-order valence-corrected chi connectivity index (χ4v) is 2.16. The molecule has 0 fully saturated rings. The molecule has 0 radical (unpaired) electrons. The van der Waals surface area contributed by atoms with E-state index in [1.807, 2.05) is 0 Å². The van der Waals surface area contributed by atoms with Crippen molar-refractivity contribution in [1.29, 1.82) is 0 Å². The van der Waals surface area contributed by atoms with E-state index in [2.05, 4.69) is 10.9 Å². The van der Waals surface area contributed by atoms with E-state index in [1.54, 1.807) is 0 Å². The number of amides is 1. The first kappa shape index (κ1) is 13.1. The minimum Gasteiger partial charge on any atom is -0.472 e. The predicted molar refractivity (Wildman–Crippen MR) is 71.3 cm³/mol. The van der Waals surface area contributed by atoms with Crippen LogP contribution in [0.5, 0.6) is 0 Å². The Bertz CT molecular complexity index is 547. The van der Waals surface area contributed by atoms with Gasteiger partial charge in [-0.3, -0.25) is 15.6 Å². The number of anilines is 1. The van der Waals surface area contributed by atoms with Crippen LogP contribution < -0.4 is 10.9 Å². The van der Waals surface area contributed by atoms with Crippen molar-refractivity contribution in [3.05, 3.63) is 51.4 Å². The molecule has 0 saturated heterocycles. The van der Waals surface area contributed by atoms with Crippen LogP contribution in [-0.2, 0) is 0 Å². The number of nitrogens with one attached hydrogen (secondary N) is 2. The maximum absolute atomic E-state index is 11.6. The molecule has 0 aliphatic heterocycles. The molecule has 0 bridgehead atoms. The number of hydrogen-bond donors (Lipinski definition) is 2. The number of benzene rings is 1. The summed E-state index contributed by atoms with van der Waals surface area (Å²) in [5.41, 5.74) is 5.83. The number of rotatable bonds is 3. The van der Waals surface area contributed by atoms with Crippen molar-refractivity contribution in [2.24, 2.45) is 0 Å². The molecule has 2 N–H and O–H groups in total. The van der Waals surface area contributed by atoms with Crippen LogP contribution in [0.4, 0.5) is 5.69 Å². The zero-order valence-electron chi connectivity index (χ0n) is 8.84. The smallest absolute Gasteiger partial charge is 0.272 e. The lowest BCUT2D eigenvalue weighted by molar-refractivity contribution is 0.0962. The Hall–Kier alpha value is -1.36. The molecule has 2 rings (SSSR count). The molecule has 1 aromatic heterocycles. The highest BCUT2D eigenvalue weighted by Crippen LogP contribution is 2.33. The minimum atomic E-state index is -0.370. The molecule has 0 atom stereocenters. The number of furan rings is 1. The summed E-state index contributed by atoms with van der Waals surface area (Å²) in [5.74, 6) is -0.370. The Morgan fingerprint density at radius 2 is 1.83 bits per heavy atom. The fraction of sp³-hybridized carbons (Fsp3) is 0. The molecule has 94 valence electrons. The Kier molecular flexibility index (Phi) is 4.01. The van der Waals surface area contributed by atoms with E-state index in [4.69, 9.17) is 39.2 Å². The monoisotopic (exact) mass is 304 g/mol. The topological polar surface area (TPSA) is 54.3 Å². The molecule has 18 heavy (non-hydrogen) atoms.